The maximum absolute atomic E-state index is 12.5. The van der Waals surface area contributed by atoms with Crippen molar-refractivity contribution in [1.82, 2.24) is 5.32 Å². The molecule has 2 amide bonds. The Hall–Kier alpha value is -4.84. The average Bonchev–Trinajstić information content (AvgIpc) is 2.92. The van der Waals surface area contributed by atoms with Gasteiger partial charge in [-0.2, -0.15) is 0 Å². The number of nitrogens with two attached hydrogens (primary N) is 1. The molecule has 0 aromatic heterocycles. The van der Waals surface area contributed by atoms with Crippen LogP contribution in [0.5, 0.6) is 11.5 Å². The highest BCUT2D eigenvalue weighted by molar-refractivity contribution is 6.04. The minimum Gasteiger partial charge on any atom is -0.485 e. The van der Waals surface area contributed by atoms with Crippen LogP contribution in [0.25, 0.3) is 6.08 Å². The number of ether oxygens (including phenoxy) is 2. The average molecular weight is 479 g/mol. The quantitative estimate of drug-likeness (QED) is 0.310. The van der Waals surface area contributed by atoms with Crippen LogP contribution in [0.3, 0.4) is 0 Å². The third kappa shape index (κ3) is 6.84. The molecule has 6 heteroatoms. The van der Waals surface area contributed by atoms with Crippen molar-refractivity contribution in [3.63, 3.8) is 0 Å². The van der Waals surface area contributed by atoms with E-state index in [2.05, 4.69) is 5.32 Å². The SMILES string of the molecule is NC(=O)C(=Cc1ccc(OCc2ccccc2)c(OCc2ccccc2)c1)NC(=O)c1ccccc1. The van der Waals surface area contributed by atoms with Crippen LogP contribution >= 0.6 is 0 Å². The molecule has 0 radical (unpaired) electrons. The summed E-state index contributed by atoms with van der Waals surface area (Å²) in [6, 6.07) is 33.5. The topological polar surface area (TPSA) is 90.7 Å². The molecule has 0 unspecified atom stereocenters. The number of benzene rings is 4. The largest absolute Gasteiger partial charge is 0.485 e. The Kier molecular flexibility index (Phi) is 8.12. The van der Waals surface area contributed by atoms with Crippen molar-refractivity contribution >= 4 is 17.9 Å². The van der Waals surface area contributed by atoms with Gasteiger partial charge in [-0.15, -0.1) is 0 Å². The van der Waals surface area contributed by atoms with E-state index in [4.69, 9.17) is 15.2 Å². The summed E-state index contributed by atoms with van der Waals surface area (Å²) >= 11 is 0. The van der Waals surface area contributed by atoms with Gasteiger partial charge < -0.3 is 20.5 Å². The molecule has 6 nitrogen and oxygen atoms in total. The maximum Gasteiger partial charge on any atom is 0.265 e. The van der Waals surface area contributed by atoms with Crippen molar-refractivity contribution < 1.29 is 19.1 Å². The summed E-state index contributed by atoms with van der Waals surface area (Å²) in [6.45, 7) is 0.709. The number of carbonyl (C=O) groups is 2. The fourth-order valence-corrected chi connectivity index (χ4v) is 3.44. The lowest BCUT2D eigenvalue weighted by molar-refractivity contribution is -0.114. The Morgan fingerprint density at radius 1 is 0.694 bits per heavy atom. The van der Waals surface area contributed by atoms with E-state index in [-0.39, 0.29) is 5.70 Å². The molecule has 0 aliphatic rings. The number of hydrogen-bond donors (Lipinski definition) is 2. The van der Waals surface area contributed by atoms with E-state index >= 15 is 0 Å². The lowest BCUT2D eigenvalue weighted by atomic mass is 10.1. The minimum atomic E-state index is -0.754. The molecule has 4 rings (SSSR count). The molecule has 0 aliphatic heterocycles. The molecule has 0 bridgehead atoms. The van der Waals surface area contributed by atoms with Gasteiger partial charge >= 0.3 is 0 Å². The van der Waals surface area contributed by atoms with E-state index in [1.54, 1.807) is 48.5 Å². The number of carbonyl (C=O) groups excluding carboxylic acids is 2. The second-order valence-electron chi connectivity index (χ2n) is 8.00. The lowest BCUT2D eigenvalue weighted by Crippen LogP contribution is -2.31. The summed E-state index contributed by atoms with van der Waals surface area (Å²) in [5.74, 6) is -0.123. The number of amides is 2. The summed E-state index contributed by atoms with van der Waals surface area (Å²) in [4.78, 5) is 24.6. The van der Waals surface area contributed by atoms with Crippen molar-refractivity contribution in [2.24, 2.45) is 5.73 Å². The first kappa shape index (κ1) is 24.3. The second kappa shape index (κ2) is 12.0. The molecule has 4 aromatic carbocycles. The van der Waals surface area contributed by atoms with Gasteiger partial charge in [-0.05, 0) is 47.0 Å². The van der Waals surface area contributed by atoms with Crippen molar-refractivity contribution in [1.29, 1.82) is 0 Å². The highest BCUT2D eigenvalue weighted by atomic mass is 16.5. The molecule has 3 N–H and O–H groups in total. The van der Waals surface area contributed by atoms with Gasteiger partial charge in [0.25, 0.3) is 11.8 Å². The molecular formula is C30H26N2O4. The smallest absolute Gasteiger partial charge is 0.265 e. The normalized spacial score (nSPS) is 10.9. The van der Waals surface area contributed by atoms with Gasteiger partial charge in [0.05, 0.1) is 0 Å². The summed E-state index contributed by atoms with van der Waals surface area (Å²) in [6.07, 6.45) is 1.51. The molecule has 36 heavy (non-hydrogen) atoms. The van der Waals surface area contributed by atoms with E-state index in [1.807, 2.05) is 60.7 Å². The Morgan fingerprint density at radius 3 is 1.78 bits per heavy atom. The molecular weight excluding hydrogens is 452 g/mol. The number of rotatable bonds is 10. The summed E-state index contributed by atoms with van der Waals surface area (Å²) in [5.41, 5.74) is 8.58. The lowest BCUT2D eigenvalue weighted by Gasteiger charge is -2.14. The number of primary amides is 1. The van der Waals surface area contributed by atoms with Gasteiger partial charge in [0, 0.05) is 5.56 Å². The highest BCUT2D eigenvalue weighted by Crippen LogP contribution is 2.31. The van der Waals surface area contributed by atoms with Crippen LogP contribution in [0.4, 0.5) is 0 Å². The van der Waals surface area contributed by atoms with Crippen LogP contribution in [-0.4, -0.2) is 11.8 Å². The number of hydrogen-bond acceptors (Lipinski definition) is 4. The van der Waals surface area contributed by atoms with Crippen LogP contribution in [0.1, 0.15) is 27.0 Å². The van der Waals surface area contributed by atoms with E-state index < -0.39 is 11.8 Å². The fraction of sp³-hybridized carbons (Fsp3) is 0.0667. The van der Waals surface area contributed by atoms with Crippen molar-refractivity contribution in [2.75, 3.05) is 0 Å². The van der Waals surface area contributed by atoms with Crippen molar-refractivity contribution in [3.8, 4) is 11.5 Å². The molecule has 0 aliphatic carbocycles. The molecule has 180 valence electrons. The van der Waals surface area contributed by atoms with Gasteiger partial charge in [0.15, 0.2) is 11.5 Å². The van der Waals surface area contributed by atoms with Gasteiger partial charge in [0.1, 0.15) is 18.9 Å². The third-order valence-electron chi connectivity index (χ3n) is 5.30. The van der Waals surface area contributed by atoms with E-state index in [1.165, 1.54) is 6.08 Å². The summed E-state index contributed by atoms with van der Waals surface area (Å²) in [5, 5.41) is 2.60. The van der Waals surface area contributed by atoms with Gasteiger partial charge in [-0.3, -0.25) is 9.59 Å². The summed E-state index contributed by atoms with van der Waals surface area (Å²) < 4.78 is 12.1. The van der Waals surface area contributed by atoms with Crippen molar-refractivity contribution in [3.05, 3.63) is 137 Å². The molecule has 0 heterocycles. The Labute approximate surface area is 210 Å². The predicted molar refractivity (Wildman–Crippen MR) is 139 cm³/mol. The van der Waals surface area contributed by atoms with Gasteiger partial charge in [0.2, 0.25) is 0 Å². The maximum atomic E-state index is 12.5. The zero-order valence-electron chi connectivity index (χ0n) is 19.6. The van der Waals surface area contributed by atoms with Gasteiger partial charge in [-0.25, -0.2) is 0 Å². The molecule has 0 saturated heterocycles. The molecule has 0 atom stereocenters. The molecule has 0 fully saturated rings. The van der Waals surface area contributed by atoms with E-state index in [0.717, 1.165) is 11.1 Å². The van der Waals surface area contributed by atoms with Crippen molar-refractivity contribution in [2.45, 2.75) is 13.2 Å². The Balaban J connectivity index is 1.58. The predicted octanol–water partition coefficient (Wildman–Crippen LogP) is 5.10. The standard InChI is InChI=1S/C30H26N2O4/c31-29(33)26(32-30(34)25-14-8-3-9-15-25)18-24-16-17-27(35-20-22-10-4-1-5-11-22)28(19-24)36-21-23-12-6-2-7-13-23/h1-19H,20-21H2,(H2,31,33)(H,32,34). The van der Waals surface area contributed by atoms with Crippen LogP contribution < -0.4 is 20.5 Å². The first-order valence-electron chi connectivity index (χ1n) is 11.4. The van der Waals surface area contributed by atoms with E-state index in [9.17, 15) is 9.59 Å². The summed E-state index contributed by atoms with van der Waals surface area (Å²) in [7, 11) is 0. The molecule has 0 spiro atoms. The Morgan fingerprint density at radius 2 is 1.22 bits per heavy atom. The van der Waals surface area contributed by atoms with Crippen LogP contribution in [0.15, 0.2) is 115 Å². The third-order valence-corrected chi connectivity index (χ3v) is 5.30. The van der Waals surface area contributed by atoms with Crippen LogP contribution in [0, 0.1) is 0 Å². The zero-order valence-corrected chi connectivity index (χ0v) is 19.6. The second-order valence-corrected chi connectivity index (χ2v) is 8.00. The molecule has 0 saturated carbocycles. The number of nitrogens with one attached hydrogen (secondary N) is 1. The molecule has 4 aromatic rings. The first-order valence-corrected chi connectivity index (χ1v) is 11.4. The fourth-order valence-electron chi connectivity index (χ4n) is 3.44. The first-order chi connectivity index (χ1) is 17.6. The van der Waals surface area contributed by atoms with Crippen LogP contribution in [-0.2, 0) is 18.0 Å². The zero-order chi connectivity index (χ0) is 25.2. The van der Waals surface area contributed by atoms with Crippen LogP contribution in [0.2, 0.25) is 0 Å². The van der Waals surface area contributed by atoms with E-state index in [0.29, 0.717) is 35.8 Å². The van der Waals surface area contributed by atoms with Gasteiger partial charge in [-0.1, -0.05) is 84.9 Å². The minimum absolute atomic E-state index is 0.0317. The highest BCUT2D eigenvalue weighted by Gasteiger charge is 2.13. The monoisotopic (exact) mass is 478 g/mol. The Bertz CT molecular complexity index is 1340.